The Hall–Kier alpha value is -3.19. The molecule has 2 aromatic carbocycles. The van der Waals surface area contributed by atoms with E-state index in [1.165, 1.54) is 0 Å². The molecule has 2 heterocycles. The van der Waals surface area contributed by atoms with E-state index in [1.807, 2.05) is 61.5 Å². The van der Waals surface area contributed by atoms with E-state index in [4.69, 9.17) is 0 Å². The first-order valence-electron chi connectivity index (χ1n) is 8.70. The van der Waals surface area contributed by atoms with Gasteiger partial charge in [-0.05, 0) is 37.3 Å². The first kappa shape index (κ1) is 17.2. The fraction of sp³-hybridized carbons (Fsp3) is 0.150. The normalized spacial score (nSPS) is 10.9. The van der Waals surface area contributed by atoms with Gasteiger partial charge in [0.1, 0.15) is 0 Å². The highest BCUT2D eigenvalue weighted by molar-refractivity contribution is 7.22. The first-order valence-corrected chi connectivity index (χ1v) is 9.52. The van der Waals surface area contributed by atoms with Crippen molar-refractivity contribution in [3.8, 4) is 5.69 Å². The summed E-state index contributed by atoms with van der Waals surface area (Å²) in [6.07, 6.45) is 0. The van der Waals surface area contributed by atoms with Crippen molar-refractivity contribution in [1.82, 2.24) is 20.1 Å². The van der Waals surface area contributed by atoms with E-state index < -0.39 is 0 Å². The van der Waals surface area contributed by atoms with Crippen LogP contribution < -0.4 is 10.6 Å². The third kappa shape index (κ3) is 3.83. The van der Waals surface area contributed by atoms with Gasteiger partial charge in [-0.3, -0.25) is 4.79 Å². The molecular weight excluding hydrogens is 358 g/mol. The van der Waals surface area contributed by atoms with Crippen LogP contribution in [0.5, 0.6) is 0 Å². The molecule has 0 bridgehead atoms. The van der Waals surface area contributed by atoms with Gasteiger partial charge >= 0.3 is 0 Å². The molecule has 4 aromatic rings. The maximum atomic E-state index is 12.4. The third-order valence-corrected chi connectivity index (χ3v) is 5.10. The van der Waals surface area contributed by atoms with Gasteiger partial charge in [-0.1, -0.05) is 41.7 Å². The number of carbonyl (C=O) groups excluding carboxylic acids is 1. The van der Waals surface area contributed by atoms with E-state index in [0.29, 0.717) is 18.8 Å². The molecule has 0 saturated heterocycles. The molecule has 4 rings (SSSR count). The molecule has 6 nitrogen and oxygen atoms in total. The molecule has 7 heteroatoms. The summed E-state index contributed by atoms with van der Waals surface area (Å²) in [5.41, 5.74) is 3.25. The van der Waals surface area contributed by atoms with Gasteiger partial charge in [0.05, 0.1) is 15.9 Å². The number of nitrogens with zero attached hydrogens (tertiary/aromatic N) is 3. The molecule has 0 aliphatic heterocycles. The quantitative estimate of drug-likeness (QED) is 0.503. The number of amides is 1. The van der Waals surface area contributed by atoms with Crippen LogP contribution in [0.25, 0.3) is 15.9 Å². The highest BCUT2D eigenvalue weighted by Crippen LogP contribution is 2.24. The fourth-order valence-electron chi connectivity index (χ4n) is 2.80. The van der Waals surface area contributed by atoms with Crippen molar-refractivity contribution >= 4 is 32.6 Å². The van der Waals surface area contributed by atoms with Gasteiger partial charge in [-0.15, -0.1) is 0 Å². The smallest absolute Gasteiger partial charge is 0.271 e. The topological polar surface area (TPSA) is 71.8 Å². The SMILES string of the molecule is Cc1cc(C(=O)NCCNc2nc3ccccc3s2)nn1-c1ccccc1. The zero-order chi connectivity index (χ0) is 18.6. The maximum absolute atomic E-state index is 12.4. The second-order valence-corrected chi connectivity index (χ2v) is 7.12. The Morgan fingerprint density at radius 1 is 1.07 bits per heavy atom. The zero-order valence-electron chi connectivity index (χ0n) is 14.8. The van der Waals surface area contributed by atoms with Gasteiger partial charge in [0.25, 0.3) is 5.91 Å². The molecule has 2 aromatic heterocycles. The Bertz CT molecular complexity index is 1040. The molecule has 27 heavy (non-hydrogen) atoms. The van der Waals surface area contributed by atoms with E-state index in [-0.39, 0.29) is 5.91 Å². The molecule has 0 unspecified atom stereocenters. The van der Waals surface area contributed by atoms with Crippen molar-refractivity contribution in [3.63, 3.8) is 0 Å². The van der Waals surface area contributed by atoms with Crippen molar-refractivity contribution in [3.05, 3.63) is 72.1 Å². The van der Waals surface area contributed by atoms with Crippen molar-refractivity contribution in [2.75, 3.05) is 18.4 Å². The van der Waals surface area contributed by atoms with E-state index in [9.17, 15) is 4.79 Å². The summed E-state index contributed by atoms with van der Waals surface area (Å²) in [6.45, 7) is 3.03. The van der Waals surface area contributed by atoms with Crippen LogP contribution in [0.4, 0.5) is 5.13 Å². The number of nitrogens with one attached hydrogen (secondary N) is 2. The number of hydrogen-bond acceptors (Lipinski definition) is 5. The average Bonchev–Trinajstić information content (AvgIpc) is 3.29. The van der Waals surface area contributed by atoms with Crippen LogP contribution in [-0.4, -0.2) is 33.8 Å². The molecule has 136 valence electrons. The number of benzene rings is 2. The number of aryl methyl sites for hydroxylation is 1. The maximum Gasteiger partial charge on any atom is 0.271 e. The molecule has 0 saturated carbocycles. The van der Waals surface area contributed by atoms with Crippen molar-refractivity contribution in [2.24, 2.45) is 0 Å². The van der Waals surface area contributed by atoms with Crippen LogP contribution in [-0.2, 0) is 0 Å². The lowest BCUT2D eigenvalue weighted by Crippen LogP contribution is -2.29. The largest absolute Gasteiger partial charge is 0.360 e. The Morgan fingerprint density at radius 2 is 1.85 bits per heavy atom. The van der Waals surface area contributed by atoms with Crippen LogP contribution in [0.15, 0.2) is 60.7 Å². The lowest BCUT2D eigenvalue weighted by Gasteiger charge is -2.04. The number of anilines is 1. The lowest BCUT2D eigenvalue weighted by atomic mass is 10.3. The van der Waals surface area contributed by atoms with Crippen LogP contribution in [0.1, 0.15) is 16.2 Å². The summed E-state index contributed by atoms with van der Waals surface area (Å²) in [7, 11) is 0. The lowest BCUT2D eigenvalue weighted by molar-refractivity contribution is 0.0950. The predicted molar refractivity (Wildman–Crippen MR) is 109 cm³/mol. The average molecular weight is 377 g/mol. The van der Waals surface area contributed by atoms with E-state index in [1.54, 1.807) is 22.1 Å². The Balaban J connectivity index is 1.33. The van der Waals surface area contributed by atoms with Crippen LogP contribution in [0.2, 0.25) is 0 Å². The monoisotopic (exact) mass is 377 g/mol. The second-order valence-electron chi connectivity index (χ2n) is 6.09. The summed E-state index contributed by atoms with van der Waals surface area (Å²) in [6, 6.07) is 19.6. The van der Waals surface area contributed by atoms with Gasteiger partial charge in [0.2, 0.25) is 0 Å². The van der Waals surface area contributed by atoms with Crippen LogP contribution >= 0.6 is 11.3 Å². The van der Waals surface area contributed by atoms with Gasteiger partial charge in [0.15, 0.2) is 10.8 Å². The fourth-order valence-corrected chi connectivity index (χ4v) is 3.69. The minimum absolute atomic E-state index is 0.182. The molecule has 0 radical (unpaired) electrons. The highest BCUT2D eigenvalue weighted by Gasteiger charge is 2.12. The number of para-hydroxylation sites is 2. The number of rotatable bonds is 6. The number of aromatic nitrogens is 3. The second kappa shape index (κ2) is 7.59. The van der Waals surface area contributed by atoms with Gasteiger partial charge in [0, 0.05) is 18.8 Å². The van der Waals surface area contributed by atoms with Gasteiger partial charge in [-0.2, -0.15) is 5.10 Å². The first-order chi connectivity index (χ1) is 13.2. The zero-order valence-corrected chi connectivity index (χ0v) is 15.7. The third-order valence-electron chi connectivity index (χ3n) is 4.10. The Labute approximate surface area is 160 Å². The Kier molecular flexibility index (Phi) is 4.84. The van der Waals surface area contributed by atoms with E-state index in [2.05, 4.69) is 20.7 Å². The number of hydrogen-bond donors (Lipinski definition) is 2. The predicted octanol–water partition coefficient (Wildman–Crippen LogP) is 3.63. The Morgan fingerprint density at radius 3 is 2.67 bits per heavy atom. The van der Waals surface area contributed by atoms with Gasteiger partial charge < -0.3 is 10.6 Å². The summed E-state index contributed by atoms with van der Waals surface area (Å²) < 4.78 is 2.92. The van der Waals surface area contributed by atoms with Crippen molar-refractivity contribution < 1.29 is 4.79 Å². The molecule has 0 atom stereocenters. The molecule has 2 N–H and O–H groups in total. The summed E-state index contributed by atoms with van der Waals surface area (Å²) in [4.78, 5) is 16.9. The minimum Gasteiger partial charge on any atom is -0.360 e. The molecule has 0 spiro atoms. The van der Waals surface area contributed by atoms with Gasteiger partial charge in [-0.25, -0.2) is 9.67 Å². The van der Waals surface area contributed by atoms with Crippen LogP contribution in [0.3, 0.4) is 0 Å². The van der Waals surface area contributed by atoms with Crippen LogP contribution in [0, 0.1) is 6.92 Å². The molecule has 1 amide bonds. The molecule has 0 aliphatic rings. The number of thiazole rings is 1. The molecule has 0 fully saturated rings. The number of fused-ring (bicyclic) bond motifs is 1. The molecular formula is C20H19N5OS. The summed E-state index contributed by atoms with van der Waals surface area (Å²) >= 11 is 1.60. The summed E-state index contributed by atoms with van der Waals surface area (Å²) in [5.74, 6) is -0.182. The molecule has 0 aliphatic carbocycles. The number of carbonyl (C=O) groups is 1. The standard InChI is InChI=1S/C20H19N5OS/c1-14-13-17(24-25(14)15-7-3-2-4-8-15)19(26)21-11-12-22-20-23-16-9-5-6-10-18(16)27-20/h2-10,13H,11-12H2,1H3,(H,21,26)(H,22,23). The minimum atomic E-state index is -0.182. The van der Waals surface area contributed by atoms with E-state index >= 15 is 0 Å². The van der Waals surface area contributed by atoms with Crippen molar-refractivity contribution in [2.45, 2.75) is 6.92 Å². The highest BCUT2D eigenvalue weighted by atomic mass is 32.1. The van der Waals surface area contributed by atoms with Crippen molar-refractivity contribution in [1.29, 1.82) is 0 Å². The summed E-state index contributed by atoms with van der Waals surface area (Å²) in [5, 5.41) is 11.4. The van der Waals surface area contributed by atoms with E-state index in [0.717, 1.165) is 26.7 Å².